The van der Waals surface area contributed by atoms with Gasteiger partial charge in [-0.3, -0.25) is 0 Å². The van der Waals surface area contributed by atoms with Gasteiger partial charge in [0, 0.05) is 6.54 Å². The van der Waals surface area contributed by atoms with Gasteiger partial charge in [0.1, 0.15) is 11.0 Å². The molecule has 1 fully saturated rings. The SMILES string of the molecule is OCC1CCCCCN1c1nc(Cl)c(Cl)cc1Cl. The quantitative estimate of drug-likeness (QED) is 0.845. The van der Waals surface area contributed by atoms with Gasteiger partial charge >= 0.3 is 0 Å². The van der Waals surface area contributed by atoms with Gasteiger partial charge in [-0.05, 0) is 18.9 Å². The predicted octanol–water partition coefficient (Wildman–Crippen LogP) is 3.78. The highest BCUT2D eigenvalue weighted by molar-refractivity contribution is 6.42. The van der Waals surface area contributed by atoms with Crippen LogP contribution < -0.4 is 4.90 Å². The van der Waals surface area contributed by atoms with Crippen molar-refractivity contribution in [3.8, 4) is 0 Å². The monoisotopic (exact) mass is 308 g/mol. The summed E-state index contributed by atoms with van der Waals surface area (Å²) in [7, 11) is 0. The van der Waals surface area contributed by atoms with Crippen LogP contribution in [0.5, 0.6) is 0 Å². The molecule has 0 amide bonds. The van der Waals surface area contributed by atoms with E-state index in [1.165, 1.54) is 0 Å². The summed E-state index contributed by atoms with van der Waals surface area (Å²) in [6.07, 6.45) is 4.27. The van der Waals surface area contributed by atoms with Crippen LogP contribution in [0.2, 0.25) is 15.2 Å². The average Bonchev–Trinajstić information content (AvgIpc) is 2.58. The molecule has 1 atom stereocenters. The van der Waals surface area contributed by atoms with E-state index in [1.54, 1.807) is 6.07 Å². The summed E-state index contributed by atoms with van der Waals surface area (Å²) in [6, 6.07) is 1.65. The summed E-state index contributed by atoms with van der Waals surface area (Å²) in [5.41, 5.74) is 0. The van der Waals surface area contributed by atoms with Crippen LogP contribution in [0.15, 0.2) is 6.07 Å². The third kappa shape index (κ3) is 3.02. The van der Waals surface area contributed by atoms with Gasteiger partial charge in [0.05, 0.1) is 22.7 Å². The van der Waals surface area contributed by atoms with Crippen LogP contribution in [-0.4, -0.2) is 29.3 Å². The standard InChI is InChI=1S/C12H15Cl3N2O/c13-9-6-10(14)12(16-11(9)15)17-5-3-1-2-4-8(17)7-18/h6,8,18H,1-5,7H2. The van der Waals surface area contributed by atoms with E-state index in [0.29, 0.717) is 15.9 Å². The van der Waals surface area contributed by atoms with E-state index >= 15 is 0 Å². The third-order valence-corrected chi connectivity index (χ3v) is 4.18. The topological polar surface area (TPSA) is 36.4 Å². The molecule has 100 valence electrons. The minimum Gasteiger partial charge on any atom is -0.394 e. The predicted molar refractivity (Wildman–Crippen MR) is 76.0 cm³/mol. The Morgan fingerprint density at radius 2 is 2.00 bits per heavy atom. The van der Waals surface area contributed by atoms with Gasteiger partial charge in [0.2, 0.25) is 0 Å². The Balaban J connectivity index is 2.35. The second-order valence-electron chi connectivity index (χ2n) is 4.45. The van der Waals surface area contributed by atoms with Crippen molar-refractivity contribution < 1.29 is 5.11 Å². The van der Waals surface area contributed by atoms with Crippen molar-refractivity contribution in [2.45, 2.75) is 31.7 Å². The molecule has 0 radical (unpaired) electrons. The molecule has 1 aromatic heterocycles. The first-order valence-corrected chi connectivity index (χ1v) is 7.16. The molecule has 1 aromatic rings. The molecule has 2 rings (SSSR count). The largest absolute Gasteiger partial charge is 0.394 e. The molecule has 18 heavy (non-hydrogen) atoms. The summed E-state index contributed by atoms with van der Waals surface area (Å²) >= 11 is 18.0. The summed E-state index contributed by atoms with van der Waals surface area (Å²) < 4.78 is 0. The van der Waals surface area contributed by atoms with E-state index in [2.05, 4.69) is 4.98 Å². The van der Waals surface area contributed by atoms with Gasteiger partial charge in [-0.15, -0.1) is 0 Å². The molecule has 1 saturated heterocycles. The van der Waals surface area contributed by atoms with Gasteiger partial charge in [0.15, 0.2) is 0 Å². The summed E-state index contributed by atoms with van der Waals surface area (Å²) in [6.45, 7) is 0.925. The Kier molecular flexibility index (Phi) is 4.96. The number of nitrogens with zero attached hydrogens (tertiary/aromatic N) is 2. The Bertz CT molecular complexity index is 428. The zero-order chi connectivity index (χ0) is 13.1. The number of pyridine rings is 1. The number of hydrogen-bond acceptors (Lipinski definition) is 3. The lowest BCUT2D eigenvalue weighted by Crippen LogP contribution is -2.38. The fourth-order valence-electron chi connectivity index (χ4n) is 2.28. The Morgan fingerprint density at radius 3 is 2.72 bits per heavy atom. The zero-order valence-corrected chi connectivity index (χ0v) is 12.1. The van der Waals surface area contributed by atoms with Gasteiger partial charge in [-0.2, -0.15) is 0 Å². The average molecular weight is 310 g/mol. The van der Waals surface area contributed by atoms with E-state index in [-0.39, 0.29) is 17.8 Å². The van der Waals surface area contributed by atoms with Crippen molar-refractivity contribution in [3.63, 3.8) is 0 Å². The van der Waals surface area contributed by atoms with Crippen LogP contribution in [0, 0.1) is 0 Å². The number of hydrogen-bond donors (Lipinski definition) is 1. The van der Waals surface area contributed by atoms with Crippen molar-refractivity contribution >= 4 is 40.6 Å². The van der Waals surface area contributed by atoms with Crippen LogP contribution >= 0.6 is 34.8 Å². The van der Waals surface area contributed by atoms with Crippen LogP contribution in [0.3, 0.4) is 0 Å². The third-order valence-electron chi connectivity index (χ3n) is 3.23. The molecule has 0 aromatic carbocycles. The molecule has 0 saturated carbocycles. The van der Waals surface area contributed by atoms with Crippen LogP contribution in [0.1, 0.15) is 25.7 Å². The number of aromatic nitrogens is 1. The highest BCUT2D eigenvalue weighted by atomic mass is 35.5. The van der Waals surface area contributed by atoms with Crippen molar-refractivity contribution in [1.82, 2.24) is 4.98 Å². The molecular weight excluding hydrogens is 295 g/mol. The lowest BCUT2D eigenvalue weighted by Gasteiger charge is -2.30. The second-order valence-corrected chi connectivity index (χ2v) is 5.62. The molecule has 1 unspecified atom stereocenters. The number of aliphatic hydroxyl groups is 1. The van der Waals surface area contributed by atoms with Crippen molar-refractivity contribution in [2.75, 3.05) is 18.1 Å². The summed E-state index contributed by atoms with van der Waals surface area (Å²) in [5, 5.41) is 10.6. The minimum atomic E-state index is 0.0507. The van der Waals surface area contributed by atoms with Crippen molar-refractivity contribution in [2.24, 2.45) is 0 Å². The second kappa shape index (κ2) is 6.29. The molecule has 2 heterocycles. The molecule has 0 aliphatic carbocycles. The van der Waals surface area contributed by atoms with E-state index in [9.17, 15) is 5.11 Å². The molecular formula is C12H15Cl3N2O. The van der Waals surface area contributed by atoms with Gasteiger partial charge in [-0.25, -0.2) is 4.98 Å². The first-order chi connectivity index (χ1) is 8.63. The van der Waals surface area contributed by atoms with Crippen LogP contribution in [-0.2, 0) is 0 Å². The lowest BCUT2D eigenvalue weighted by atomic mass is 10.1. The number of aliphatic hydroxyl groups excluding tert-OH is 1. The highest BCUT2D eigenvalue weighted by Crippen LogP contribution is 2.33. The van der Waals surface area contributed by atoms with Gasteiger partial charge < -0.3 is 10.0 Å². The van der Waals surface area contributed by atoms with Gasteiger partial charge in [-0.1, -0.05) is 47.6 Å². The molecule has 1 aliphatic heterocycles. The number of anilines is 1. The smallest absolute Gasteiger partial charge is 0.150 e. The van der Waals surface area contributed by atoms with Crippen LogP contribution in [0.4, 0.5) is 5.82 Å². The molecule has 1 N–H and O–H groups in total. The summed E-state index contributed by atoms with van der Waals surface area (Å²) in [5.74, 6) is 0.618. The Labute approximate surface area is 122 Å². The van der Waals surface area contributed by atoms with Gasteiger partial charge in [0.25, 0.3) is 0 Å². The maximum atomic E-state index is 9.49. The van der Waals surface area contributed by atoms with E-state index < -0.39 is 0 Å². The Morgan fingerprint density at radius 1 is 1.22 bits per heavy atom. The van der Waals surface area contributed by atoms with Crippen LogP contribution in [0.25, 0.3) is 0 Å². The lowest BCUT2D eigenvalue weighted by molar-refractivity contribution is 0.254. The zero-order valence-electron chi connectivity index (χ0n) is 9.87. The molecule has 6 heteroatoms. The molecule has 1 aliphatic rings. The highest BCUT2D eigenvalue weighted by Gasteiger charge is 2.24. The molecule has 3 nitrogen and oxygen atoms in total. The minimum absolute atomic E-state index is 0.0507. The maximum Gasteiger partial charge on any atom is 0.150 e. The Hall–Kier alpha value is -0.220. The number of halogens is 3. The normalized spacial score (nSPS) is 20.9. The van der Waals surface area contributed by atoms with E-state index in [1.807, 2.05) is 4.90 Å². The summed E-state index contributed by atoms with van der Waals surface area (Å²) in [4.78, 5) is 6.29. The fourth-order valence-corrected chi connectivity index (χ4v) is 2.88. The van der Waals surface area contributed by atoms with E-state index in [0.717, 1.165) is 32.2 Å². The van der Waals surface area contributed by atoms with Crippen molar-refractivity contribution in [3.05, 3.63) is 21.3 Å². The first kappa shape index (κ1) is 14.2. The van der Waals surface area contributed by atoms with E-state index in [4.69, 9.17) is 34.8 Å². The maximum absolute atomic E-state index is 9.49. The van der Waals surface area contributed by atoms with Crippen molar-refractivity contribution in [1.29, 1.82) is 0 Å². The first-order valence-electron chi connectivity index (χ1n) is 6.02. The number of rotatable bonds is 2. The molecule has 0 spiro atoms. The molecule has 0 bridgehead atoms. The fraction of sp³-hybridized carbons (Fsp3) is 0.583.